The molecule has 0 fully saturated rings. The monoisotopic (exact) mass is 264 g/mol. The third kappa shape index (κ3) is 2.60. The van der Waals surface area contributed by atoms with Crippen LogP contribution in [-0.2, 0) is 6.54 Å². The van der Waals surface area contributed by atoms with E-state index in [1.54, 1.807) is 23.5 Å². The first kappa shape index (κ1) is 13.2. The second kappa shape index (κ2) is 5.59. The van der Waals surface area contributed by atoms with E-state index in [0.29, 0.717) is 11.5 Å². The molecule has 1 heterocycles. The van der Waals surface area contributed by atoms with Gasteiger partial charge in [0.2, 0.25) is 0 Å². The topological polar surface area (TPSA) is 24.9 Å². The Hall–Kier alpha value is -1.26. The number of hydrogen-bond donors (Lipinski definition) is 1. The zero-order valence-electron chi connectivity index (χ0n) is 10.8. The van der Waals surface area contributed by atoms with Crippen molar-refractivity contribution in [3.63, 3.8) is 0 Å². The lowest BCUT2D eigenvalue weighted by Crippen LogP contribution is -2.06. The number of thiazole rings is 1. The average molecular weight is 264 g/mol. The number of rotatable bonds is 4. The van der Waals surface area contributed by atoms with Gasteiger partial charge in [-0.2, -0.15) is 0 Å². The largest absolute Gasteiger partial charge is 0.315 e. The normalized spacial score (nSPS) is 11.2. The van der Waals surface area contributed by atoms with Gasteiger partial charge in [-0.15, -0.1) is 11.3 Å². The van der Waals surface area contributed by atoms with Crippen LogP contribution in [0.2, 0.25) is 0 Å². The number of nitrogens with zero attached hydrogens (tertiary/aromatic N) is 1. The summed E-state index contributed by atoms with van der Waals surface area (Å²) in [7, 11) is 1.91. The maximum absolute atomic E-state index is 13.8. The van der Waals surface area contributed by atoms with Crippen LogP contribution in [0.5, 0.6) is 0 Å². The van der Waals surface area contributed by atoms with Crippen LogP contribution >= 0.6 is 11.3 Å². The van der Waals surface area contributed by atoms with E-state index in [0.717, 1.165) is 17.2 Å². The molecule has 0 radical (unpaired) electrons. The molecule has 1 N–H and O–H groups in total. The Kier molecular flexibility index (Phi) is 4.09. The van der Waals surface area contributed by atoms with Gasteiger partial charge in [0.1, 0.15) is 10.8 Å². The minimum atomic E-state index is -0.211. The van der Waals surface area contributed by atoms with Gasteiger partial charge >= 0.3 is 0 Å². The number of nitrogens with one attached hydrogen (secondary N) is 1. The van der Waals surface area contributed by atoms with Crippen LogP contribution in [0.15, 0.2) is 24.3 Å². The highest BCUT2D eigenvalue weighted by molar-refractivity contribution is 7.15. The molecule has 2 aromatic rings. The fourth-order valence-electron chi connectivity index (χ4n) is 1.85. The summed E-state index contributed by atoms with van der Waals surface area (Å²) >= 11 is 1.57. The summed E-state index contributed by atoms with van der Waals surface area (Å²) in [5, 5.41) is 3.90. The van der Waals surface area contributed by atoms with Gasteiger partial charge in [0.25, 0.3) is 0 Å². The molecule has 2 rings (SSSR count). The maximum Gasteiger partial charge on any atom is 0.133 e. The second-order valence-electron chi connectivity index (χ2n) is 4.49. The lowest BCUT2D eigenvalue weighted by atomic mass is 10.1. The third-order valence-corrected chi connectivity index (χ3v) is 3.82. The molecule has 18 heavy (non-hydrogen) atoms. The number of halogens is 1. The lowest BCUT2D eigenvalue weighted by molar-refractivity contribution is 0.631. The Labute approximate surface area is 111 Å². The Morgan fingerprint density at radius 3 is 2.67 bits per heavy atom. The predicted octanol–water partition coefficient (Wildman–Crippen LogP) is 3.79. The minimum Gasteiger partial charge on any atom is -0.315 e. The molecule has 0 spiro atoms. The van der Waals surface area contributed by atoms with Gasteiger partial charge in [0.05, 0.1) is 5.69 Å². The molecule has 4 heteroatoms. The van der Waals surface area contributed by atoms with E-state index in [9.17, 15) is 4.39 Å². The molecule has 0 amide bonds. The van der Waals surface area contributed by atoms with Crippen molar-refractivity contribution < 1.29 is 4.39 Å². The van der Waals surface area contributed by atoms with Crippen molar-refractivity contribution in [2.75, 3.05) is 7.05 Å². The lowest BCUT2D eigenvalue weighted by Gasteiger charge is -2.03. The van der Waals surface area contributed by atoms with E-state index in [-0.39, 0.29) is 5.82 Å². The summed E-state index contributed by atoms with van der Waals surface area (Å²) in [5.74, 6) is 0.141. The summed E-state index contributed by atoms with van der Waals surface area (Å²) in [6.45, 7) is 5.00. The predicted molar refractivity (Wildman–Crippen MR) is 74.4 cm³/mol. The molecule has 2 nitrogen and oxygen atoms in total. The Morgan fingerprint density at radius 2 is 2.06 bits per heavy atom. The van der Waals surface area contributed by atoms with Gasteiger partial charge in [-0.05, 0) is 25.1 Å². The molecule has 0 aliphatic heterocycles. The number of hydrogen-bond acceptors (Lipinski definition) is 3. The van der Waals surface area contributed by atoms with Gasteiger partial charge in [-0.3, -0.25) is 0 Å². The summed E-state index contributed by atoms with van der Waals surface area (Å²) in [6.07, 6.45) is 0. The first-order valence-electron chi connectivity index (χ1n) is 6.02. The van der Waals surface area contributed by atoms with Crippen molar-refractivity contribution in [2.24, 2.45) is 0 Å². The molecular weight excluding hydrogens is 247 g/mol. The van der Waals surface area contributed by atoms with E-state index < -0.39 is 0 Å². The first-order chi connectivity index (χ1) is 8.63. The summed E-state index contributed by atoms with van der Waals surface area (Å²) in [5.41, 5.74) is 1.65. The van der Waals surface area contributed by atoms with Crippen LogP contribution in [0.1, 0.15) is 30.3 Å². The van der Waals surface area contributed by atoms with Crippen molar-refractivity contribution in [1.82, 2.24) is 10.3 Å². The van der Waals surface area contributed by atoms with E-state index in [2.05, 4.69) is 24.1 Å². The molecule has 0 atom stereocenters. The van der Waals surface area contributed by atoms with Crippen molar-refractivity contribution >= 4 is 11.3 Å². The van der Waals surface area contributed by atoms with Gasteiger partial charge in [-0.1, -0.05) is 26.0 Å². The van der Waals surface area contributed by atoms with Crippen LogP contribution in [0.25, 0.3) is 10.6 Å². The van der Waals surface area contributed by atoms with Crippen LogP contribution in [0.4, 0.5) is 4.39 Å². The van der Waals surface area contributed by atoms with E-state index >= 15 is 0 Å². The highest BCUT2D eigenvalue weighted by Gasteiger charge is 2.16. The smallest absolute Gasteiger partial charge is 0.133 e. The van der Waals surface area contributed by atoms with E-state index in [1.807, 2.05) is 13.1 Å². The molecule has 0 saturated heterocycles. The molecule has 0 bridgehead atoms. The molecule has 1 aromatic heterocycles. The van der Waals surface area contributed by atoms with Gasteiger partial charge in [0, 0.05) is 17.0 Å². The summed E-state index contributed by atoms with van der Waals surface area (Å²) in [4.78, 5) is 5.78. The van der Waals surface area contributed by atoms with Crippen molar-refractivity contribution in [1.29, 1.82) is 0 Å². The number of benzene rings is 1. The van der Waals surface area contributed by atoms with Crippen LogP contribution in [-0.4, -0.2) is 12.0 Å². The maximum atomic E-state index is 13.8. The molecular formula is C14H17FN2S. The SMILES string of the molecule is CNCc1sc(-c2ccccc2F)nc1C(C)C. The molecule has 96 valence electrons. The Morgan fingerprint density at radius 1 is 1.33 bits per heavy atom. The van der Waals surface area contributed by atoms with Crippen molar-refractivity contribution in [3.8, 4) is 10.6 Å². The summed E-state index contributed by atoms with van der Waals surface area (Å²) in [6, 6.07) is 6.79. The molecule has 1 aromatic carbocycles. The third-order valence-electron chi connectivity index (χ3n) is 2.72. The van der Waals surface area contributed by atoms with Gasteiger partial charge in [-0.25, -0.2) is 9.37 Å². The van der Waals surface area contributed by atoms with Gasteiger partial charge < -0.3 is 5.32 Å². The van der Waals surface area contributed by atoms with Crippen molar-refractivity contribution in [3.05, 3.63) is 40.7 Å². The zero-order chi connectivity index (χ0) is 13.1. The van der Waals surface area contributed by atoms with Crippen LogP contribution in [0, 0.1) is 5.82 Å². The summed E-state index contributed by atoms with van der Waals surface area (Å²) < 4.78 is 13.8. The minimum absolute atomic E-state index is 0.211. The fourth-order valence-corrected chi connectivity index (χ4v) is 3.11. The zero-order valence-corrected chi connectivity index (χ0v) is 11.6. The second-order valence-corrected chi connectivity index (χ2v) is 5.58. The van der Waals surface area contributed by atoms with E-state index in [4.69, 9.17) is 0 Å². The molecule has 0 aliphatic carbocycles. The molecule has 0 unspecified atom stereocenters. The quantitative estimate of drug-likeness (QED) is 0.908. The fraction of sp³-hybridized carbons (Fsp3) is 0.357. The first-order valence-corrected chi connectivity index (χ1v) is 6.84. The Bertz CT molecular complexity index is 534. The van der Waals surface area contributed by atoms with Crippen LogP contribution in [0.3, 0.4) is 0 Å². The Balaban J connectivity index is 2.47. The highest BCUT2D eigenvalue weighted by atomic mass is 32.1. The average Bonchev–Trinajstić information content (AvgIpc) is 2.74. The standard InChI is InChI=1S/C14H17FN2S/c1-9(2)13-12(8-16-3)18-14(17-13)10-6-4-5-7-11(10)15/h4-7,9,16H,8H2,1-3H3. The van der Waals surface area contributed by atoms with Crippen LogP contribution < -0.4 is 5.32 Å². The van der Waals surface area contributed by atoms with Gasteiger partial charge in [0.15, 0.2) is 0 Å². The molecule has 0 aliphatic rings. The van der Waals surface area contributed by atoms with E-state index in [1.165, 1.54) is 10.9 Å². The van der Waals surface area contributed by atoms with Crippen molar-refractivity contribution in [2.45, 2.75) is 26.3 Å². The number of aromatic nitrogens is 1. The highest BCUT2D eigenvalue weighted by Crippen LogP contribution is 2.32. The molecule has 0 saturated carbocycles.